The van der Waals surface area contributed by atoms with Crippen molar-refractivity contribution in [2.45, 2.75) is 13.5 Å². The van der Waals surface area contributed by atoms with Crippen LogP contribution in [0.5, 0.6) is 0 Å². The highest BCUT2D eigenvalue weighted by molar-refractivity contribution is 6.30. The normalized spacial score (nSPS) is 10.9. The van der Waals surface area contributed by atoms with Crippen molar-refractivity contribution in [2.24, 2.45) is 0 Å². The molecule has 0 fully saturated rings. The van der Waals surface area contributed by atoms with Gasteiger partial charge in [0, 0.05) is 5.02 Å². The van der Waals surface area contributed by atoms with Crippen molar-refractivity contribution in [3.8, 4) is 0 Å². The van der Waals surface area contributed by atoms with Gasteiger partial charge in [0.1, 0.15) is 17.3 Å². The van der Waals surface area contributed by atoms with E-state index >= 15 is 0 Å². The number of furan rings is 1. The van der Waals surface area contributed by atoms with Crippen molar-refractivity contribution in [3.63, 3.8) is 0 Å². The van der Waals surface area contributed by atoms with Crippen LogP contribution in [0.4, 0.5) is 10.1 Å². The quantitative estimate of drug-likeness (QED) is 0.920. The van der Waals surface area contributed by atoms with E-state index in [2.05, 4.69) is 5.32 Å². The van der Waals surface area contributed by atoms with Crippen LogP contribution in [0, 0.1) is 12.7 Å². The maximum Gasteiger partial charge on any atom is 0.238 e. The molecule has 1 heterocycles. The van der Waals surface area contributed by atoms with Crippen molar-refractivity contribution in [3.05, 3.63) is 52.7 Å². The minimum absolute atomic E-state index is 0.0785. The number of halogens is 2. The number of carbonyl (C=O) groups is 1. The molecule has 0 aliphatic rings. The van der Waals surface area contributed by atoms with Crippen LogP contribution in [-0.2, 0) is 11.3 Å². The van der Waals surface area contributed by atoms with Crippen LogP contribution in [0.2, 0.25) is 5.02 Å². The molecule has 0 atom stereocenters. The Morgan fingerprint density at radius 2 is 2.14 bits per heavy atom. The molecule has 1 N–H and O–H groups in total. The molecule has 0 aliphatic carbocycles. The van der Waals surface area contributed by atoms with Crippen LogP contribution < -0.4 is 5.32 Å². The van der Waals surface area contributed by atoms with Crippen LogP contribution in [0.1, 0.15) is 11.5 Å². The van der Waals surface area contributed by atoms with E-state index in [0.29, 0.717) is 11.6 Å². The Morgan fingerprint density at radius 3 is 2.81 bits per heavy atom. The Morgan fingerprint density at radius 1 is 1.38 bits per heavy atom. The number of rotatable bonds is 5. The molecule has 0 saturated heterocycles. The van der Waals surface area contributed by atoms with Crippen molar-refractivity contribution < 1.29 is 13.6 Å². The van der Waals surface area contributed by atoms with E-state index in [0.717, 1.165) is 11.5 Å². The maximum absolute atomic E-state index is 13.5. The number of nitrogens with one attached hydrogen (secondary N) is 1. The third-order valence-corrected chi connectivity index (χ3v) is 3.07. The average Bonchev–Trinajstić information content (AvgIpc) is 2.79. The molecule has 1 amide bonds. The number of likely N-dealkylation sites (N-methyl/N-ethyl adjacent to an activating group) is 1. The van der Waals surface area contributed by atoms with Gasteiger partial charge in [0.25, 0.3) is 0 Å². The van der Waals surface area contributed by atoms with Crippen molar-refractivity contribution >= 4 is 23.2 Å². The summed E-state index contributed by atoms with van der Waals surface area (Å²) >= 11 is 5.77. The molecule has 0 bridgehead atoms. The summed E-state index contributed by atoms with van der Waals surface area (Å²) in [7, 11) is 1.78. The molecule has 112 valence electrons. The van der Waals surface area contributed by atoms with Crippen molar-refractivity contribution in [2.75, 3.05) is 18.9 Å². The zero-order valence-corrected chi connectivity index (χ0v) is 12.6. The van der Waals surface area contributed by atoms with E-state index in [1.54, 1.807) is 11.9 Å². The van der Waals surface area contributed by atoms with E-state index < -0.39 is 5.82 Å². The number of carbonyl (C=O) groups excluding carboxylic acids is 1. The summed E-state index contributed by atoms with van der Waals surface area (Å²) in [6.07, 6.45) is 0. The summed E-state index contributed by atoms with van der Waals surface area (Å²) in [6.45, 7) is 2.48. The molecule has 0 unspecified atom stereocenters. The van der Waals surface area contributed by atoms with Crippen LogP contribution in [0.25, 0.3) is 0 Å². The van der Waals surface area contributed by atoms with Gasteiger partial charge in [0.05, 0.1) is 18.8 Å². The van der Waals surface area contributed by atoms with E-state index in [1.165, 1.54) is 18.2 Å². The lowest BCUT2D eigenvalue weighted by molar-refractivity contribution is -0.117. The molecular formula is C15H16ClFN2O2. The van der Waals surface area contributed by atoms with Crippen molar-refractivity contribution in [1.29, 1.82) is 0 Å². The highest BCUT2D eigenvalue weighted by Crippen LogP contribution is 2.19. The van der Waals surface area contributed by atoms with E-state index in [9.17, 15) is 9.18 Å². The summed E-state index contributed by atoms with van der Waals surface area (Å²) in [6, 6.07) is 7.75. The lowest BCUT2D eigenvalue weighted by Crippen LogP contribution is -2.30. The third-order valence-electron chi connectivity index (χ3n) is 2.84. The van der Waals surface area contributed by atoms with Crippen LogP contribution >= 0.6 is 11.6 Å². The molecule has 1 aromatic carbocycles. The largest absolute Gasteiger partial charge is 0.465 e. The number of benzene rings is 1. The summed E-state index contributed by atoms with van der Waals surface area (Å²) in [4.78, 5) is 13.7. The Kier molecular flexibility index (Phi) is 4.98. The Balaban J connectivity index is 1.90. The third kappa shape index (κ3) is 4.58. The Bertz CT molecular complexity index is 642. The number of anilines is 1. The fraction of sp³-hybridized carbons (Fsp3) is 0.267. The molecule has 0 aliphatic heterocycles. The minimum Gasteiger partial charge on any atom is -0.465 e. The number of aryl methyl sites for hydroxylation is 1. The van der Waals surface area contributed by atoms with Gasteiger partial charge < -0.3 is 9.73 Å². The second kappa shape index (κ2) is 6.74. The monoisotopic (exact) mass is 310 g/mol. The van der Waals surface area contributed by atoms with E-state index in [4.69, 9.17) is 16.0 Å². The van der Waals surface area contributed by atoms with Gasteiger partial charge in [-0.1, -0.05) is 11.6 Å². The zero-order chi connectivity index (χ0) is 15.4. The smallest absolute Gasteiger partial charge is 0.238 e. The number of hydrogen-bond donors (Lipinski definition) is 1. The van der Waals surface area contributed by atoms with Crippen LogP contribution in [0.15, 0.2) is 34.7 Å². The minimum atomic E-state index is -0.517. The first-order valence-corrected chi connectivity index (χ1v) is 6.80. The first kappa shape index (κ1) is 15.5. The molecule has 2 aromatic rings. The highest BCUT2D eigenvalue weighted by atomic mass is 35.5. The predicted molar refractivity (Wildman–Crippen MR) is 79.8 cm³/mol. The standard InChI is InChI=1S/C15H16ClFN2O2/c1-10-3-5-12(21-10)8-19(2)9-15(20)18-14-7-11(16)4-6-13(14)17/h3-7H,8-9H2,1-2H3,(H,18,20). The SMILES string of the molecule is Cc1ccc(CN(C)CC(=O)Nc2cc(Cl)ccc2F)o1. The summed E-state index contributed by atoms with van der Waals surface area (Å²) in [5.41, 5.74) is 0.0785. The molecule has 2 rings (SSSR count). The molecule has 21 heavy (non-hydrogen) atoms. The van der Waals surface area contributed by atoms with E-state index in [1.807, 2.05) is 19.1 Å². The van der Waals surface area contributed by atoms with Gasteiger partial charge in [-0.25, -0.2) is 4.39 Å². The average molecular weight is 311 g/mol. The van der Waals surface area contributed by atoms with Crippen molar-refractivity contribution in [1.82, 2.24) is 4.90 Å². The molecule has 6 heteroatoms. The van der Waals surface area contributed by atoms with Crippen LogP contribution in [-0.4, -0.2) is 24.4 Å². The molecule has 4 nitrogen and oxygen atoms in total. The number of nitrogens with zero attached hydrogens (tertiary/aromatic N) is 1. The van der Waals surface area contributed by atoms with E-state index in [-0.39, 0.29) is 18.1 Å². The summed E-state index contributed by atoms with van der Waals surface area (Å²) in [5, 5.41) is 2.87. The first-order chi connectivity index (χ1) is 9.94. The van der Waals surface area contributed by atoms with Gasteiger partial charge in [-0.15, -0.1) is 0 Å². The molecule has 0 spiro atoms. The predicted octanol–water partition coefficient (Wildman–Crippen LogP) is 3.45. The lowest BCUT2D eigenvalue weighted by Gasteiger charge is -2.15. The molecular weight excluding hydrogens is 295 g/mol. The molecule has 1 aromatic heterocycles. The topological polar surface area (TPSA) is 45.5 Å². The van der Waals surface area contributed by atoms with Gasteiger partial charge in [-0.05, 0) is 44.3 Å². The fourth-order valence-corrected chi connectivity index (χ4v) is 2.09. The maximum atomic E-state index is 13.5. The Labute approximate surface area is 127 Å². The van der Waals surface area contributed by atoms with Gasteiger partial charge in [0.15, 0.2) is 0 Å². The summed E-state index contributed by atoms with van der Waals surface area (Å²) < 4.78 is 19.0. The van der Waals surface area contributed by atoms with Gasteiger partial charge >= 0.3 is 0 Å². The van der Waals surface area contributed by atoms with Gasteiger partial charge in [-0.2, -0.15) is 0 Å². The molecule has 0 saturated carbocycles. The molecule has 0 radical (unpaired) electrons. The first-order valence-electron chi connectivity index (χ1n) is 6.43. The zero-order valence-electron chi connectivity index (χ0n) is 11.8. The lowest BCUT2D eigenvalue weighted by atomic mass is 10.3. The second-order valence-electron chi connectivity index (χ2n) is 4.86. The number of amides is 1. The summed E-state index contributed by atoms with van der Waals surface area (Å²) in [5.74, 6) is 0.764. The van der Waals surface area contributed by atoms with Crippen LogP contribution in [0.3, 0.4) is 0 Å². The highest BCUT2D eigenvalue weighted by Gasteiger charge is 2.11. The fourth-order valence-electron chi connectivity index (χ4n) is 1.92. The Hall–Kier alpha value is -1.85. The van der Waals surface area contributed by atoms with Gasteiger partial charge in [0.2, 0.25) is 5.91 Å². The second-order valence-corrected chi connectivity index (χ2v) is 5.29. The van der Waals surface area contributed by atoms with Gasteiger partial charge in [-0.3, -0.25) is 9.69 Å². The number of hydrogen-bond acceptors (Lipinski definition) is 3.